The van der Waals surface area contributed by atoms with E-state index < -0.39 is 5.82 Å². The Morgan fingerprint density at radius 2 is 1.93 bits per heavy atom. The van der Waals surface area contributed by atoms with Crippen molar-refractivity contribution in [1.82, 2.24) is 24.6 Å². The lowest BCUT2D eigenvalue weighted by Gasteiger charge is -2.32. The molecular formula is C33H33ClFN5O5. The fourth-order valence-corrected chi connectivity index (χ4v) is 6.19. The van der Waals surface area contributed by atoms with E-state index in [1.807, 2.05) is 24.3 Å². The van der Waals surface area contributed by atoms with E-state index in [-0.39, 0.29) is 24.2 Å². The van der Waals surface area contributed by atoms with Crippen LogP contribution in [0.25, 0.3) is 22.4 Å². The Labute approximate surface area is 263 Å². The van der Waals surface area contributed by atoms with Crippen molar-refractivity contribution in [1.29, 1.82) is 0 Å². The summed E-state index contributed by atoms with van der Waals surface area (Å²) in [5, 5.41) is 2.71. The number of likely N-dealkylation sites (tertiary alicyclic amines) is 1. The number of hydrogen-bond acceptors (Lipinski definition) is 8. The number of piperidine rings is 1. The zero-order valence-electron chi connectivity index (χ0n) is 24.8. The first kappa shape index (κ1) is 29.5. The fraction of sp³-hybridized carbons (Fsp3) is 0.364. The average Bonchev–Trinajstić information content (AvgIpc) is 3.61. The summed E-state index contributed by atoms with van der Waals surface area (Å²) < 4.78 is 39.2. The summed E-state index contributed by atoms with van der Waals surface area (Å²) in [6.45, 7) is 3.97. The summed E-state index contributed by atoms with van der Waals surface area (Å²) in [6, 6.07) is 15.6. The SMILES string of the molecule is COc1cc(-c2cc(=O)[nH]o2)cc2c1nc(CN1CCC(c3cccc(OCc4ccc(Cl)cc4F)n3)CC1)n2C[C@@H]1CCO1. The maximum absolute atomic E-state index is 14.2. The summed E-state index contributed by atoms with van der Waals surface area (Å²) in [5.74, 6) is 2.37. The van der Waals surface area contributed by atoms with E-state index in [1.54, 1.807) is 25.3 Å². The highest BCUT2D eigenvalue weighted by molar-refractivity contribution is 6.30. The third-order valence-electron chi connectivity index (χ3n) is 8.61. The molecule has 5 aromatic rings. The number of nitrogens with zero attached hydrogens (tertiary/aromatic N) is 4. The molecule has 10 nitrogen and oxygen atoms in total. The monoisotopic (exact) mass is 633 g/mol. The molecule has 2 aliphatic heterocycles. The van der Waals surface area contributed by atoms with E-state index in [4.69, 9.17) is 40.3 Å². The Hall–Kier alpha value is -4.19. The van der Waals surface area contributed by atoms with Gasteiger partial charge in [-0.2, -0.15) is 5.16 Å². The molecular weight excluding hydrogens is 601 g/mol. The highest BCUT2D eigenvalue weighted by Gasteiger charge is 2.27. The van der Waals surface area contributed by atoms with Gasteiger partial charge in [0.2, 0.25) is 5.88 Å². The maximum atomic E-state index is 14.2. The fourth-order valence-electron chi connectivity index (χ4n) is 6.04. The zero-order valence-corrected chi connectivity index (χ0v) is 25.6. The van der Waals surface area contributed by atoms with Crippen molar-refractivity contribution < 1.29 is 23.1 Å². The van der Waals surface area contributed by atoms with Gasteiger partial charge >= 0.3 is 0 Å². The highest BCUT2D eigenvalue weighted by atomic mass is 35.5. The number of fused-ring (bicyclic) bond motifs is 1. The smallest absolute Gasteiger partial charge is 0.280 e. The molecule has 1 N–H and O–H groups in total. The Kier molecular flexibility index (Phi) is 8.31. The van der Waals surface area contributed by atoms with Gasteiger partial charge < -0.3 is 23.3 Å². The second-order valence-corrected chi connectivity index (χ2v) is 12.0. The molecule has 0 amide bonds. The maximum Gasteiger partial charge on any atom is 0.280 e. The number of aromatic amines is 1. The van der Waals surface area contributed by atoms with Crippen LogP contribution in [-0.2, 0) is 24.4 Å². The molecule has 234 valence electrons. The van der Waals surface area contributed by atoms with Gasteiger partial charge in [-0.3, -0.25) is 9.69 Å². The minimum Gasteiger partial charge on any atom is -0.494 e. The number of halogens is 2. The first-order valence-corrected chi connectivity index (χ1v) is 15.4. The van der Waals surface area contributed by atoms with E-state index in [2.05, 4.69) is 14.6 Å². The van der Waals surface area contributed by atoms with Gasteiger partial charge in [-0.25, -0.2) is 14.4 Å². The van der Waals surface area contributed by atoms with Gasteiger partial charge in [0.25, 0.3) is 5.56 Å². The van der Waals surface area contributed by atoms with Crippen LogP contribution in [0.4, 0.5) is 4.39 Å². The predicted octanol–water partition coefficient (Wildman–Crippen LogP) is 5.93. The molecule has 2 saturated heterocycles. The molecule has 7 rings (SSSR count). The van der Waals surface area contributed by atoms with Crippen LogP contribution in [0.5, 0.6) is 11.6 Å². The largest absolute Gasteiger partial charge is 0.494 e. The van der Waals surface area contributed by atoms with Crippen molar-refractivity contribution in [3.63, 3.8) is 0 Å². The van der Waals surface area contributed by atoms with Gasteiger partial charge in [0.05, 0.1) is 37.9 Å². The number of methoxy groups -OCH3 is 1. The molecule has 0 unspecified atom stereocenters. The van der Waals surface area contributed by atoms with Crippen LogP contribution in [-0.4, -0.2) is 57.5 Å². The molecule has 0 radical (unpaired) electrons. The standard InChI is InChI=1S/C33H33ClFN5O5/c1-42-29-14-22(28-16-31(41)38-45-28)13-27-33(29)37-30(40(27)17-24-9-12-43-24)18-39-10-7-20(8-11-39)26-3-2-4-32(36-26)44-19-21-5-6-23(34)15-25(21)35/h2-6,13-16,20,24H,7-12,17-19H2,1H3,(H,38,41)/t24-/m0/s1. The predicted molar refractivity (Wildman–Crippen MR) is 166 cm³/mol. The van der Waals surface area contributed by atoms with Gasteiger partial charge in [-0.05, 0) is 62.7 Å². The Bertz CT molecular complexity index is 1880. The molecule has 1 atom stereocenters. The molecule has 0 saturated carbocycles. The Morgan fingerprint density at radius 3 is 2.64 bits per heavy atom. The summed E-state index contributed by atoms with van der Waals surface area (Å²) in [6.07, 6.45) is 3.00. The molecule has 0 aliphatic carbocycles. The summed E-state index contributed by atoms with van der Waals surface area (Å²) in [7, 11) is 1.62. The van der Waals surface area contributed by atoms with Gasteiger partial charge in [0.15, 0.2) is 5.76 Å². The van der Waals surface area contributed by atoms with E-state index in [0.717, 1.165) is 67.1 Å². The first-order valence-electron chi connectivity index (χ1n) is 15.1. The molecule has 0 spiro atoms. The number of nitrogens with one attached hydrogen (secondary N) is 1. The Balaban J connectivity index is 1.06. The van der Waals surface area contributed by atoms with Gasteiger partial charge in [0, 0.05) is 40.4 Å². The molecule has 0 bridgehead atoms. The lowest BCUT2D eigenvalue weighted by atomic mass is 9.93. The second kappa shape index (κ2) is 12.7. The van der Waals surface area contributed by atoms with Crippen LogP contribution in [0.2, 0.25) is 5.02 Å². The van der Waals surface area contributed by atoms with Crippen LogP contribution in [0.1, 0.15) is 42.3 Å². The van der Waals surface area contributed by atoms with E-state index in [9.17, 15) is 9.18 Å². The molecule has 45 heavy (non-hydrogen) atoms. The number of benzene rings is 2. The van der Waals surface area contributed by atoms with E-state index >= 15 is 0 Å². The van der Waals surface area contributed by atoms with Gasteiger partial charge in [-0.15, -0.1) is 0 Å². The van der Waals surface area contributed by atoms with Crippen molar-refractivity contribution in [3.05, 3.63) is 92.9 Å². The molecule has 2 aromatic carbocycles. The normalized spacial score (nSPS) is 17.4. The van der Waals surface area contributed by atoms with Crippen LogP contribution in [0.3, 0.4) is 0 Å². The summed E-state index contributed by atoms with van der Waals surface area (Å²) >= 11 is 5.87. The van der Waals surface area contributed by atoms with Crippen molar-refractivity contribution >= 4 is 22.6 Å². The van der Waals surface area contributed by atoms with Crippen LogP contribution in [0, 0.1) is 5.82 Å². The number of ether oxygens (including phenoxy) is 3. The number of rotatable bonds is 10. The van der Waals surface area contributed by atoms with Crippen LogP contribution in [0.15, 0.2) is 63.9 Å². The third kappa shape index (κ3) is 6.33. The summed E-state index contributed by atoms with van der Waals surface area (Å²) in [5.41, 5.74) is 3.52. The van der Waals surface area contributed by atoms with Gasteiger partial charge in [0.1, 0.15) is 29.5 Å². The third-order valence-corrected chi connectivity index (χ3v) is 8.85. The van der Waals surface area contributed by atoms with E-state index in [1.165, 1.54) is 12.1 Å². The quantitative estimate of drug-likeness (QED) is 0.202. The second-order valence-electron chi connectivity index (χ2n) is 11.5. The number of hydrogen-bond donors (Lipinski definition) is 1. The number of pyridine rings is 1. The van der Waals surface area contributed by atoms with Crippen molar-refractivity contribution in [2.45, 2.75) is 51.0 Å². The van der Waals surface area contributed by atoms with Crippen molar-refractivity contribution in [2.75, 3.05) is 26.8 Å². The van der Waals surface area contributed by atoms with Crippen LogP contribution < -0.4 is 15.0 Å². The topological polar surface area (TPSA) is 108 Å². The number of imidazole rings is 1. The summed E-state index contributed by atoms with van der Waals surface area (Å²) in [4.78, 5) is 24.0. The zero-order chi connectivity index (χ0) is 30.9. The van der Waals surface area contributed by atoms with Crippen molar-refractivity contribution in [2.24, 2.45) is 0 Å². The average molecular weight is 634 g/mol. The molecule has 3 aromatic heterocycles. The molecule has 2 fully saturated rings. The highest BCUT2D eigenvalue weighted by Crippen LogP contribution is 2.35. The lowest BCUT2D eigenvalue weighted by Crippen LogP contribution is -2.35. The molecule has 2 aliphatic rings. The first-order chi connectivity index (χ1) is 21.9. The Morgan fingerprint density at radius 1 is 1.09 bits per heavy atom. The van der Waals surface area contributed by atoms with Gasteiger partial charge in [-0.1, -0.05) is 23.7 Å². The minimum atomic E-state index is -0.396. The molecule has 12 heteroatoms. The number of aromatic nitrogens is 4. The van der Waals surface area contributed by atoms with Crippen molar-refractivity contribution in [3.8, 4) is 23.0 Å². The lowest BCUT2D eigenvalue weighted by molar-refractivity contribution is -0.0592. The molecule has 5 heterocycles. The number of H-pyrrole nitrogens is 1. The van der Waals surface area contributed by atoms with E-state index in [0.29, 0.717) is 41.1 Å². The van der Waals surface area contributed by atoms with Crippen LogP contribution >= 0.6 is 11.6 Å². The minimum absolute atomic E-state index is 0.0801.